The van der Waals surface area contributed by atoms with Crippen molar-refractivity contribution in [3.63, 3.8) is 0 Å². The van der Waals surface area contributed by atoms with E-state index in [2.05, 4.69) is 53.7 Å². The highest BCUT2D eigenvalue weighted by Gasteiger charge is 2.29. The van der Waals surface area contributed by atoms with Crippen molar-refractivity contribution in [2.24, 2.45) is 0 Å². The molecule has 0 atom stereocenters. The fraction of sp³-hybridized carbons (Fsp3) is 0.600. The van der Waals surface area contributed by atoms with Crippen LogP contribution in [0.15, 0.2) is 21.9 Å². The molecular formula is C30H44O3S2. The number of unbranched alkanes of at least 4 members (excludes halogenated alkanes) is 6. The van der Waals surface area contributed by atoms with Crippen molar-refractivity contribution in [2.45, 2.75) is 109 Å². The highest BCUT2D eigenvalue weighted by atomic mass is 33.1. The Bertz CT molecular complexity index is 971. The molecule has 3 rings (SSSR count). The molecule has 0 aliphatic carbocycles. The summed E-state index contributed by atoms with van der Waals surface area (Å²) < 4.78 is 19.4. The molecule has 0 unspecified atom stereocenters. The van der Waals surface area contributed by atoms with E-state index in [-0.39, 0.29) is 0 Å². The monoisotopic (exact) mass is 516 g/mol. The van der Waals surface area contributed by atoms with E-state index in [4.69, 9.17) is 14.2 Å². The molecule has 1 heterocycles. The Hall–Kier alpha value is -1.46. The van der Waals surface area contributed by atoms with Crippen LogP contribution in [0.4, 0.5) is 0 Å². The molecule has 0 bridgehead atoms. The standard InChI is InChI=1S/C30H44O3S2/c1-7-10-13-16-31-28-21(4)19-24-26(23(28)6)27-25(35-34-24)20-22(5)29(32-17-14-11-8-2)30(27)33-18-15-12-9-3/h19-20H,7-18H2,1-6H3. The molecule has 1 aliphatic heterocycles. The van der Waals surface area contributed by atoms with Gasteiger partial charge in [-0.05, 0) is 63.3 Å². The number of benzene rings is 2. The maximum absolute atomic E-state index is 6.58. The van der Waals surface area contributed by atoms with E-state index in [1.54, 1.807) is 0 Å². The first-order valence-corrected chi connectivity index (χ1v) is 15.7. The molecule has 1 aliphatic rings. The maximum atomic E-state index is 6.58. The van der Waals surface area contributed by atoms with Crippen LogP contribution in [-0.2, 0) is 0 Å². The highest BCUT2D eigenvalue weighted by Crippen LogP contribution is 2.59. The lowest BCUT2D eigenvalue weighted by atomic mass is 9.95. The van der Waals surface area contributed by atoms with Gasteiger partial charge in [0, 0.05) is 26.5 Å². The number of hydrogen-bond donors (Lipinski definition) is 0. The van der Waals surface area contributed by atoms with Crippen LogP contribution in [0.3, 0.4) is 0 Å². The fourth-order valence-corrected chi connectivity index (χ4v) is 7.13. The van der Waals surface area contributed by atoms with Gasteiger partial charge in [-0.2, -0.15) is 0 Å². The van der Waals surface area contributed by atoms with Gasteiger partial charge in [-0.25, -0.2) is 0 Å². The number of fused-ring (bicyclic) bond motifs is 3. The van der Waals surface area contributed by atoms with Gasteiger partial charge in [0.2, 0.25) is 0 Å². The lowest BCUT2D eigenvalue weighted by Crippen LogP contribution is -2.09. The molecule has 0 saturated carbocycles. The van der Waals surface area contributed by atoms with Crippen LogP contribution in [0.2, 0.25) is 0 Å². The lowest BCUT2D eigenvalue weighted by Gasteiger charge is -2.28. The van der Waals surface area contributed by atoms with Gasteiger partial charge >= 0.3 is 0 Å². The van der Waals surface area contributed by atoms with Crippen LogP contribution in [0.5, 0.6) is 17.2 Å². The van der Waals surface area contributed by atoms with Crippen LogP contribution in [0.25, 0.3) is 11.1 Å². The van der Waals surface area contributed by atoms with Crippen LogP contribution in [-0.4, -0.2) is 19.8 Å². The second-order valence-electron chi connectivity index (χ2n) is 9.58. The summed E-state index contributed by atoms with van der Waals surface area (Å²) in [5, 5.41) is 0. The molecule has 0 radical (unpaired) electrons. The van der Waals surface area contributed by atoms with Crippen molar-refractivity contribution < 1.29 is 14.2 Å². The summed E-state index contributed by atoms with van der Waals surface area (Å²) in [5.74, 6) is 2.87. The predicted octanol–water partition coefficient (Wildman–Crippen LogP) is 10.1. The van der Waals surface area contributed by atoms with E-state index in [0.717, 1.165) is 55.3 Å². The summed E-state index contributed by atoms with van der Waals surface area (Å²) >= 11 is 0. The third-order valence-corrected chi connectivity index (χ3v) is 8.92. The third kappa shape index (κ3) is 7.07. The molecule has 0 N–H and O–H groups in total. The predicted molar refractivity (Wildman–Crippen MR) is 153 cm³/mol. The van der Waals surface area contributed by atoms with E-state index in [0.29, 0.717) is 6.61 Å². The van der Waals surface area contributed by atoms with E-state index < -0.39 is 0 Å². The van der Waals surface area contributed by atoms with Gasteiger partial charge in [-0.3, -0.25) is 0 Å². The first-order valence-electron chi connectivity index (χ1n) is 13.6. The van der Waals surface area contributed by atoms with Crippen molar-refractivity contribution in [3.8, 4) is 28.4 Å². The third-order valence-electron chi connectivity index (χ3n) is 6.51. The lowest BCUT2D eigenvalue weighted by molar-refractivity contribution is 0.258. The molecule has 0 aromatic heterocycles. The van der Waals surface area contributed by atoms with Gasteiger partial charge in [-0.15, -0.1) is 0 Å². The zero-order valence-corrected chi connectivity index (χ0v) is 24.3. The van der Waals surface area contributed by atoms with E-state index in [1.165, 1.54) is 70.6 Å². The van der Waals surface area contributed by atoms with Crippen LogP contribution < -0.4 is 14.2 Å². The van der Waals surface area contributed by atoms with Gasteiger partial charge in [-0.1, -0.05) is 80.9 Å². The summed E-state index contributed by atoms with van der Waals surface area (Å²) in [6, 6.07) is 4.58. The van der Waals surface area contributed by atoms with Crippen molar-refractivity contribution in [1.82, 2.24) is 0 Å². The largest absolute Gasteiger partial charge is 0.493 e. The molecule has 5 heteroatoms. The molecule has 2 aromatic rings. The number of hydrogen-bond acceptors (Lipinski definition) is 5. The Morgan fingerprint density at radius 3 is 1.49 bits per heavy atom. The van der Waals surface area contributed by atoms with Crippen LogP contribution >= 0.6 is 21.6 Å². The van der Waals surface area contributed by atoms with Gasteiger partial charge in [0.25, 0.3) is 0 Å². The average Bonchev–Trinajstić information content (AvgIpc) is 2.84. The first-order chi connectivity index (χ1) is 17.0. The molecule has 0 fully saturated rings. The molecule has 2 aromatic carbocycles. The minimum absolute atomic E-state index is 0.716. The van der Waals surface area contributed by atoms with Gasteiger partial charge in [0.15, 0.2) is 11.5 Å². The number of rotatable bonds is 15. The fourth-order valence-electron chi connectivity index (χ4n) is 4.55. The van der Waals surface area contributed by atoms with Gasteiger partial charge in [0.05, 0.1) is 19.8 Å². The Morgan fingerprint density at radius 2 is 0.971 bits per heavy atom. The molecule has 0 spiro atoms. The zero-order valence-electron chi connectivity index (χ0n) is 22.7. The van der Waals surface area contributed by atoms with Crippen molar-refractivity contribution in [1.29, 1.82) is 0 Å². The Labute approximate surface area is 221 Å². The Morgan fingerprint density at radius 1 is 0.543 bits per heavy atom. The summed E-state index contributed by atoms with van der Waals surface area (Å²) in [6.45, 7) is 15.4. The molecule has 0 saturated heterocycles. The summed E-state index contributed by atoms with van der Waals surface area (Å²) in [7, 11) is 3.68. The molecule has 0 amide bonds. The molecule has 194 valence electrons. The first kappa shape index (κ1) is 28.1. The van der Waals surface area contributed by atoms with Crippen LogP contribution in [0.1, 0.15) is 95.2 Å². The normalized spacial score (nSPS) is 12.3. The SMILES string of the molecule is CCCCCOc1c(C)cc2c(c1C)-c1c(cc(C)c(OCCCCC)c1OCCCCC)SS2. The Kier molecular flexibility index (Phi) is 11.5. The second kappa shape index (κ2) is 14.3. The van der Waals surface area contributed by atoms with Crippen molar-refractivity contribution >= 4 is 21.6 Å². The topological polar surface area (TPSA) is 27.7 Å². The van der Waals surface area contributed by atoms with Gasteiger partial charge in [0.1, 0.15) is 5.75 Å². The van der Waals surface area contributed by atoms with Crippen LogP contribution in [0, 0.1) is 20.8 Å². The summed E-state index contributed by atoms with van der Waals surface area (Å²) in [6.07, 6.45) is 10.3. The molecule has 35 heavy (non-hydrogen) atoms. The number of aryl methyl sites for hydroxylation is 2. The van der Waals surface area contributed by atoms with E-state index >= 15 is 0 Å². The number of ether oxygens (including phenoxy) is 3. The summed E-state index contributed by atoms with van der Waals surface area (Å²) in [5.41, 5.74) is 6.02. The average molecular weight is 517 g/mol. The minimum atomic E-state index is 0.716. The van der Waals surface area contributed by atoms with E-state index in [9.17, 15) is 0 Å². The quantitative estimate of drug-likeness (QED) is 0.173. The second-order valence-corrected chi connectivity index (χ2v) is 11.8. The van der Waals surface area contributed by atoms with Crippen molar-refractivity contribution in [2.75, 3.05) is 19.8 Å². The van der Waals surface area contributed by atoms with E-state index in [1.807, 2.05) is 21.6 Å². The zero-order chi connectivity index (χ0) is 25.2. The maximum Gasteiger partial charge on any atom is 0.170 e. The summed E-state index contributed by atoms with van der Waals surface area (Å²) in [4.78, 5) is 2.55. The Balaban J connectivity index is 2.06. The van der Waals surface area contributed by atoms with Crippen molar-refractivity contribution in [3.05, 3.63) is 28.8 Å². The van der Waals surface area contributed by atoms with Gasteiger partial charge < -0.3 is 14.2 Å². The molecular weight excluding hydrogens is 472 g/mol. The minimum Gasteiger partial charge on any atom is -0.493 e. The molecule has 3 nitrogen and oxygen atoms in total. The smallest absolute Gasteiger partial charge is 0.170 e. The highest BCUT2D eigenvalue weighted by molar-refractivity contribution is 8.76.